The first-order valence-electron chi connectivity index (χ1n) is 8.03. The molecule has 2 atom stereocenters. The normalized spacial score (nSPS) is 23.4. The Bertz CT molecular complexity index is 607. The Morgan fingerprint density at radius 1 is 1.35 bits per heavy atom. The van der Waals surface area contributed by atoms with Gasteiger partial charge in [0.2, 0.25) is 5.91 Å². The molecule has 0 spiro atoms. The Hall–Kier alpha value is -2.15. The summed E-state index contributed by atoms with van der Waals surface area (Å²) in [7, 11) is 1.72. The van der Waals surface area contributed by atoms with Crippen molar-refractivity contribution in [3.05, 3.63) is 34.4 Å². The zero-order chi connectivity index (χ0) is 16.4. The Morgan fingerprint density at radius 3 is 2.87 bits per heavy atom. The molecule has 124 valence electrons. The number of fused-ring (bicyclic) bond motifs is 2. The zero-order valence-corrected chi connectivity index (χ0v) is 13.3. The summed E-state index contributed by atoms with van der Waals surface area (Å²) in [5, 5.41) is 14.7. The average Bonchev–Trinajstić information content (AvgIpc) is 2.86. The number of benzene rings is 1. The monoisotopic (exact) mass is 318 g/mol. The van der Waals surface area contributed by atoms with Crippen molar-refractivity contribution < 1.29 is 9.72 Å². The molecule has 3 rings (SSSR count). The van der Waals surface area contributed by atoms with Crippen LogP contribution in [0.3, 0.4) is 0 Å². The second-order valence-corrected chi connectivity index (χ2v) is 6.37. The van der Waals surface area contributed by atoms with E-state index >= 15 is 0 Å². The topological polar surface area (TPSA) is 78.7 Å². The maximum Gasteiger partial charge on any atom is 0.292 e. The minimum absolute atomic E-state index is 0.0272. The molecule has 7 heteroatoms. The van der Waals surface area contributed by atoms with Crippen molar-refractivity contribution in [3.63, 3.8) is 0 Å². The van der Waals surface area contributed by atoms with Crippen LogP contribution in [0, 0.1) is 10.1 Å². The summed E-state index contributed by atoms with van der Waals surface area (Å²) in [6.07, 6.45) is 3.30. The lowest BCUT2D eigenvalue weighted by atomic mass is 10.1. The van der Waals surface area contributed by atoms with E-state index in [1.165, 1.54) is 12.5 Å². The van der Waals surface area contributed by atoms with Crippen LogP contribution >= 0.6 is 0 Å². The highest BCUT2D eigenvalue weighted by molar-refractivity contribution is 5.82. The van der Waals surface area contributed by atoms with E-state index in [4.69, 9.17) is 0 Å². The van der Waals surface area contributed by atoms with E-state index in [2.05, 4.69) is 5.32 Å². The van der Waals surface area contributed by atoms with Crippen molar-refractivity contribution in [1.29, 1.82) is 0 Å². The molecule has 1 aromatic rings. The highest BCUT2D eigenvalue weighted by Crippen LogP contribution is 2.27. The number of para-hydroxylation sites is 2. The largest absolute Gasteiger partial charge is 0.360 e. The van der Waals surface area contributed by atoms with Gasteiger partial charge in [0.25, 0.3) is 5.69 Å². The van der Waals surface area contributed by atoms with Crippen molar-refractivity contribution in [2.75, 3.05) is 31.6 Å². The Balaban J connectivity index is 1.67. The number of nitro benzene ring substituents is 1. The molecule has 7 nitrogen and oxygen atoms in total. The van der Waals surface area contributed by atoms with Crippen molar-refractivity contribution in [1.82, 2.24) is 10.2 Å². The molecular weight excluding hydrogens is 296 g/mol. The van der Waals surface area contributed by atoms with Gasteiger partial charge in [0.15, 0.2) is 0 Å². The lowest BCUT2D eigenvalue weighted by Gasteiger charge is -2.27. The van der Waals surface area contributed by atoms with Crippen molar-refractivity contribution >= 4 is 17.3 Å². The Labute approximate surface area is 135 Å². The van der Waals surface area contributed by atoms with Gasteiger partial charge in [-0.25, -0.2) is 0 Å². The highest BCUT2D eigenvalue weighted by Gasteiger charge is 2.31. The van der Waals surface area contributed by atoms with Crippen molar-refractivity contribution in [2.45, 2.75) is 31.3 Å². The number of nitro groups is 1. The summed E-state index contributed by atoms with van der Waals surface area (Å²) < 4.78 is 0. The number of hydrogen-bond acceptors (Lipinski definition) is 5. The number of carbonyl (C=O) groups is 1. The number of nitrogens with zero attached hydrogens (tertiary/aromatic N) is 3. The number of amides is 1. The lowest BCUT2D eigenvalue weighted by Crippen LogP contribution is -2.43. The van der Waals surface area contributed by atoms with Crippen molar-refractivity contribution in [2.24, 2.45) is 0 Å². The summed E-state index contributed by atoms with van der Waals surface area (Å²) in [5.41, 5.74) is 0.500. The van der Waals surface area contributed by atoms with E-state index in [0.717, 1.165) is 25.9 Å². The standard InChI is InChI=1S/C16H22N4O3/c1-18(14-4-2-3-5-15(14)20(22)23)11-16(21)19-9-8-12-6-7-13(10-19)17-12/h2-5,12-13,17H,6-11H2,1H3. The molecule has 2 fully saturated rings. The summed E-state index contributed by atoms with van der Waals surface area (Å²) in [6, 6.07) is 7.45. The van der Waals surface area contributed by atoms with E-state index in [1.807, 2.05) is 4.90 Å². The smallest absolute Gasteiger partial charge is 0.292 e. The maximum absolute atomic E-state index is 12.6. The third-order valence-corrected chi connectivity index (χ3v) is 4.74. The number of anilines is 1. The second kappa shape index (κ2) is 6.54. The number of carbonyl (C=O) groups excluding carboxylic acids is 1. The fraction of sp³-hybridized carbons (Fsp3) is 0.562. The molecule has 0 saturated carbocycles. The van der Waals surface area contributed by atoms with Crippen LogP contribution in [-0.2, 0) is 4.79 Å². The molecule has 1 aromatic carbocycles. The molecule has 2 heterocycles. The van der Waals surface area contributed by atoms with Crippen LogP contribution in [0.2, 0.25) is 0 Å². The van der Waals surface area contributed by atoms with Crippen LogP contribution in [0.4, 0.5) is 11.4 Å². The van der Waals surface area contributed by atoms with Gasteiger partial charge in [-0.15, -0.1) is 0 Å². The molecular formula is C16H22N4O3. The van der Waals surface area contributed by atoms with E-state index in [-0.39, 0.29) is 18.1 Å². The summed E-state index contributed by atoms with van der Waals surface area (Å²) in [6.45, 7) is 1.65. The molecule has 2 unspecified atom stereocenters. The van der Waals surface area contributed by atoms with E-state index < -0.39 is 4.92 Å². The zero-order valence-electron chi connectivity index (χ0n) is 13.3. The minimum atomic E-state index is -0.412. The first kappa shape index (κ1) is 15.7. The van der Waals surface area contributed by atoms with E-state index in [9.17, 15) is 14.9 Å². The van der Waals surface area contributed by atoms with Crippen LogP contribution in [0.5, 0.6) is 0 Å². The van der Waals surface area contributed by atoms with E-state index in [1.54, 1.807) is 30.1 Å². The number of nitrogens with one attached hydrogen (secondary N) is 1. The molecule has 23 heavy (non-hydrogen) atoms. The van der Waals surface area contributed by atoms with Gasteiger partial charge in [-0.05, 0) is 25.3 Å². The van der Waals surface area contributed by atoms with Gasteiger partial charge in [-0.1, -0.05) is 12.1 Å². The Kier molecular flexibility index (Phi) is 4.47. The summed E-state index contributed by atoms with van der Waals surface area (Å²) in [5.74, 6) is 0.0278. The second-order valence-electron chi connectivity index (χ2n) is 6.37. The first-order valence-corrected chi connectivity index (χ1v) is 8.03. The predicted molar refractivity (Wildman–Crippen MR) is 87.5 cm³/mol. The maximum atomic E-state index is 12.6. The molecule has 0 aliphatic carbocycles. The van der Waals surface area contributed by atoms with Crippen LogP contribution in [0.25, 0.3) is 0 Å². The minimum Gasteiger partial charge on any atom is -0.360 e. The molecule has 1 N–H and O–H groups in total. The first-order chi connectivity index (χ1) is 11.0. The SMILES string of the molecule is CN(CC(=O)N1CCC2CCC(C1)N2)c1ccccc1[N+](=O)[O-]. The van der Waals surface area contributed by atoms with Crippen LogP contribution in [0.1, 0.15) is 19.3 Å². The van der Waals surface area contributed by atoms with Crippen LogP contribution < -0.4 is 10.2 Å². The molecule has 0 radical (unpaired) electrons. The van der Waals surface area contributed by atoms with Gasteiger partial charge in [0, 0.05) is 38.3 Å². The molecule has 2 saturated heterocycles. The third-order valence-electron chi connectivity index (χ3n) is 4.74. The Morgan fingerprint density at radius 2 is 2.09 bits per heavy atom. The average molecular weight is 318 g/mol. The van der Waals surface area contributed by atoms with Gasteiger partial charge >= 0.3 is 0 Å². The van der Waals surface area contributed by atoms with Gasteiger partial charge < -0.3 is 15.1 Å². The molecule has 0 aromatic heterocycles. The highest BCUT2D eigenvalue weighted by atomic mass is 16.6. The fourth-order valence-corrected chi connectivity index (χ4v) is 3.50. The molecule has 1 amide bonds. The lowest BCUT2D eigenvalue weighted by molar-refractivity contribution is -0.384. The fourth-order valence-electron chi connectivity index (χ4n) is 3.50. The predicted octanol–water partition coefficient (Wildman–Crippen LogP) is 1.38. The van der Waals surface area contributed by atoms with Crippen molar-refractivity contribution in [3.8, 4) is 0 Å². The number of likely N-dealkylation sites (tertiary alicyclic amines) is 1. The van der Waals surface area contributed by atoms with Crippen LogP contribution in [0.15, 0.2) is 24.3 Å². The van der Waals surface area contributed by atoms with Gasteiger partial charge in [0.1, 0.15) is 5.69 Å². The number of rotatable bonds is 4. The molecule has 2 aliphatic rings. The van der Waals surface area contributed by atoms with Gasteiger partial charge in [0.05, 0.1) is 11.5 Å². The quantitative estimate of drug-likeness (QED) is 0.670. The van der Waals surface area contributed by atoms with Gasteiger partial charge in [-0.2, -0.15) is 0 Å². The molecule has 2 aliphatic heterocycles. The summed E-state index contributed by atoms with van der Waals surface area (Å²) in [4.78, 5) is 26.8. The summed E-state index contributed by atoms with van der Waals surface area (Å²) >= 11 is 0. The third kappa shape index (κ3) is 3.44. The van der Waals surface area contributed by atoms with E-state index in [0.29, 0.717) is 17.8 Å². The van der Waals surface area contributed by atoms with Crippen LogP contribution in [-0.4, -0.2) is 54.5 Å². The number of likely N-dealkylation sites (N-methyl/N-ethyl adjacent to an activating group) is 1. The molecule has 2 bridgehead atoms. The van der Waals surface area contributed by atoms with Gasteiger partial charge in [-0.3, -0.25) is 14.9 Å². The number of hydrogen-bond donors (Lipinski definition) is 1.